The van der Waals surface area contributed by atoms with Crippen molar-refractivity contribution in [3.8, 4) is 28.8 Å². The number of para-hydroxylation sites is 1. The van der Waals surface area contributed by atoms with E-state index in [0.717, 1.165) is 12.4 Å². The van der Waals surface area contributed by atoms with Crippen molar-refractivity contribution in [3.05, 3.63) is 54.8 Å². The molecule has 1 aliphatic rings. The van der Waals surface area contributed by atoms with Crippen LogP contribution in [0.2, 0.25) is 0 Å². The maximum Gasteiger partial charge on any atom is 0.243 e. The molecular formula is C23H24FN7O5S. The minimum absolute atomic E-state index is 0.0654. The summed E-state index contributed by atoms with van der Waals surface area (Å²) in [7, 11) is -0.981. The number of aromatic nitrogens is 5. The number of hydrogen-bond donors (Lipinski definition) is 1. The van der Waals surface area contributed by atoms with Crippen LogP contribution in [-0.2, 0) is 10.0 Å². The number of halogens is 1. The van der Waals surface area contributed by atoms with Gasteiger partial charge in [-0.3, -0.25) is 9.29 Å². The Bertz CT molecular complexity index is 1450. The number of hydrogen-bond acceptors (Lipinski definition) is 10. The van der Waals surface area contributed by atoms with Crippen molar-refractivity contribution in [2.45, 2.75) is 18.1 Å². The van der Waals surface area contributed by atoms with Gasteiger partial charge in [-0.2, -0.15) is 0 Å². The standard InChI is InChI=1S/C23H24FN7O5S/c1-34-17-7-3-8-18(35-2)20(17)31-21(19-9-5-11-36-19)27-28-23(31)29-37(32,33)16-6-4-10-30(14-16)22-25-12-15(24)13-26-22/h3,5,7-9,11-13,16H,4,6,10,14H2,1-2H3,(H,28,29)/t16-/m1/s1. The van der Waals surface area contributed by atoms with Crippen LogP contribution in [0.1, 0.15) is 12.8 Å². The molecule has 0 radical (unpaired) electrons. The molecule has 1 aliphatic heterocycles. The number of anilines is 2. The van der Waals surface area contributed by atoms with Crippen LogP contribution in [0.3, 0.4) is 0 Å². The second-order valence-electron chi connectivity index (χ2n) is 8.23. The lowest BCUT2D eigenvalue weighted by atomic mass is 10.1. The summed E-state index contributed by atoms with van der Waals surface area (Å²) in [6.45, 7) is 0.674. The molecule has 0 saturated carbocycles. The van der Waals surface area contributed by atoms with Crippen LogP contribution >= 0.6 is 0 Å². The van der Waals surface area contributed by atoms with Gasteiger partial charge in [0.05, 0.1) is 38.1 Å². The van der Waals surface area contributed by atoms with Crippen LogP contribution in [0.15, 0.2) is 53.4 Å². The highest BCUT2D eigenvalue weighted by atomic mass is 32.2. The lowest BCUT2D eigenvalue weighted by molar-refractivity contribution is 0.391. The number of methoxy groups -OCH3 is 2. The maximum atomic E-state index is 13.6. The monoisotopic (exact) mass is 529 g/mol. The van der Waals surface area contributed by atoms with Crippen LogP contribution in [0.5, 0.6) is 11.5 Å². The third kappa shape index (κ3) is 4.79. The molecule has 0 bridgehead atoms. The summed E-state index contributed by atoms with van der Waals surface area (Å²) < 4.78 is 61.1. The molecule has 1 N–H and O–H groups in total. The van der Waals surface area contributed by atoms with Crippen molar-refractivity contribution < 1.29 is 26.7 Å². The fraction of sp³-hybridized carbons (Fsp3) is 0.304. The van der Waals surface area contributed by atoms with Gasteiger partial charge in [-0.1, -0.05) is 6.07 Å². The van der Waals surface area contributed by atoms with Crippen LogP contribution < -0.4 is 19.1 Å². The van der Waals surface area contributed by atoms with E-state index in [0.29, 0.717) is 42.3 Å². The van der Waals surface area contributed by atoms with Gasteiger partial charge >= 0.3 is 0 Å². The summed E-state index contributed by atoms with van der Waals surface area (Å²) in [6.07, 6.45) is 4.57. The zero-order valence-electron chi connectivity index (χ0n) is 20.0. The van der Waals surface area contributed by atoms with E-state index in [1.165, 1.54) is 25.0 Å². The zero-order chi connectivity index (χ0) is 26.0. The Labute approximate surface area is 212 Å². The van der Waals surface area contributed by atoms with Crippen molar-refractivity contribution >= 4 is 21.9 Å². The largest absolute Gasteiger partial charge is 0.494 e. The number of rotatable bonds is 8. The average Bonchev–Trinajstić information content (AvgIpc) is 3.58. The quantitative estimate of drug-likeness (QED) is 0.363. The van der Waals surface area contributed by atoms with Gasteiger partial charge in [0.15, 0.2) is 11.6 Å². The Morgan fingerprint density at radius 1 is 1.08 bits per heavy atom. The molecule has 0 spiro atoms. The molecule has 5 rings (SSSR count). The normalized spacial score (nSPS) is 16.0. The Balaban J connectivity index is 1.52. The Kier molecular flexibility index (Phi) is 6.65. The topological polar surface area (TPSA) is 138 Å². The van der Waals surface area contributed by atoms with Crippen LogP contribution in [0.25, 0.3) is 17.3 Å². The Morgan fingerprint density at radius 2 is 1.81 bits per heavy atom. The highest BCUT2D eigenvalue weighted by Crippen LogP contribution is 2.38. The number of nitrogens with one attached hydrogen (secondary N) is 1. The van der Waals surface area contributed by atoms with E-state index in [1.807, 2.05) is 0 Å². The lowest BCUT2D eigenvalue weighted by Gasteiger charge is -2.32. The third-order valence-electron chi connectivity index (χ3n) is 5.97. The third-order valence-corrected chi connectivity index (χ3v) is 7.70. The highest BCUT2D eigenvalue weighted by Gasteiger charge is 2.34. The van der Waals surface area contributed by atoms with Crippen molar-refractivity contribution in [2.24, 2.45) is 0 Å². The molecule has 194 valence electrons. The summed E-state index contributed by atoms with van der Waals surface area (Å²) in [5.41, 5.74) is 0.395. The molecule has 1 aromatic carbocycles. The van der Waals surface area contributed by atoms with Gasteiger partial charge in [0.2, 0.25) is 27.7 Å². The smallest absolute Gasteiger partial charge is 0.243 e. The van der Waals surface area contributed by atoms with Gasteiger partial charge < -0.3 is 18.8 Å². The summed E-state index contributed by atoms with van der Waals surface area (Å²) >= 11 is 0. The predicted octanol–water partition coefficient (Wildman–Crippen LogP) is 2.88. The van der Waals surface area contributed by atoms with Crippen LogP contribution in [0, 0.1) is 5.82 Å². The molecule has 4 aromatic rings. The molecule has 4 heterocycles. The molecule has 1 fully saturated rings. The molecule has 37 heavy (non-hydrogen) atoms. The number of furan rings is 1. The van der Waals surface area contributed by atoms with Crippen molar-refractivity contribution in [1.29, 1.82) is 0 Å². The van der Waals surface area contributed by atoms with Gasteiger partial charge in [-0.25, -0.2) is 22.8 Å². The van der Waals surface area contributed by atoms with Gasteiger partial charge in [0, 0.05) is 13.1 Å². The summed E-state index contributed by atoms with van der Waals surface area (Å²) in [6, 6.07) is 8.54. The van der Waals surface area contributed by atoms with Gasteiger partial charge in [-0.05, 0) is 37.1 Å². The van der Waals surface area contributed by atoms with Gasteiger partial charge in [0.1, 0.15) is 17.2 Å². The minimum atomic E-state index is -3.97. The van der Waals surface area contributed by atoms with Crippen molar-refractivity contribution in [1.82, 2.24) is 24.7 Å². The highest BCUT2D eigenvalue weighted by molar-refractivity contribution is 7.93. The molecule has 1 saturated heterocycles. The second kappa shape index (κ2) is 10.0. The van der Waals surface area contributed by atoms with Gasteiger partial charge in [-0.15, -0.1) is 10.2 Å². The van der Waals surface area contributed by atoms with E-state index in [9.17, 15) is 12.8 Å². The Morgan fingerprint density at radius 3 is 2.46 bits per heavy atom. The predicted molar refractivity (Wildman–Crippen MR) is 132 cm³/mol. The fourth-order valence-electron chi connectivity index (χ4n) is 4.23. The molecule has 0 amide bonds. The van der Waals surface area contributed by atoms with E-state index in [1.54, 1.807) is 35.2 Å². The molecule has 12 nitrogen and oxygen atoms in total. The second-order valence-corrected chi connectivity index (χ2v) is 10.2. The van der Waals surface area contributed by atoms with E-state index in [2.05, 4.69) is 24.9 Å². The first kappa shape index (κ1) is 24.5. The van der Waals surface area contributed by atoms with E-state index >= 15 is 0 Å². The number of piperidine rings is 1. The molecule has 1 atom stereocenters. The van der Waals surface area contributed by atoms with Gasteiger partial charge in [0.25, 0.3) is 0 Å². The van der Waals surface area contributed by atoms with Crippen molar-refractivity contribution in [3.63, 3.8) is 0 Å². The number of nitrogens with zero attached hydrogens (tertiary/aromatic N) is 6. The lowest BCUT2D eigenvalue weighted by Crippen LogP contribution is -2.45. The minimum Gasteiger partial charge on any atom is -0.494 e. The zero-order valence-corrected chi connectivity index (χ0v) is 20.9. The van der Waals surface area contributed by atoms with E-state index < -0.39 is 21.1 Å². The average molecular weight is 530 g/mol. The number of benzene rings is 1. The molecule has 14 heteroatoms. The summed E-state index contributed by atoms with van der Waals surface area (Å²) in [5.74, 6) is 1.06. The number of sulfonamides is 1. The maximum absolute atomic E-state index is 13.6. The summed E-state index contributed by atoms with van der Waals surface area (Å²) in [4.78, 5) is 9.69. The van der Waals surface area contributed by atoms with E-state index in [-0.39, 0.29) is 24.3 Å². The first-order valence-corrected chi connectivity index (χ1v) is 12.9. The number of ether oxygens (including phenoxy) is 2. The molecule has 3 aromatic heterocycles. The van der Waals surface area contributed by atoms with Crippen LogP contribution in [-0.4, -0.2) is 65.7 Å². The fourth-order valence-corrected chi connectivity index (χ4v) is 5.64. The SMILES string of the molecule is COc1cccc(OC)c1-n1c(NS(=O)(=O)[C@@H]2CCCN(c3ncc(F)cn3)C2)nnc1-c1ccco1. The Hall–Kier alpha value is -4.20. The molecular weight excluding hydrogens is 505 g/mol. The van der Waals surface area contributed by atoms with Crippen LogP contribution in [0.4, 0.5) is 16.3 Å². The van der Waals surface area contributed by atoms with E-state index in [4.69, 9.17) is 13.9 Å². The summed E-state index contributed by atoms with van der Waals surface area (Å²) in [5, 5.41) is 7.53. The molecule has 0 aliphatic carbocycles. The molecule has 0 unspecified atom stereocenters. The first-order valence-electron chi connectivity index (χ1n) is 11.4. The first-order chi connectivity index (χ1) is 17.9. The van der Waals surface area contributed by atoms with Crippen molar-refractivity contribution in [2.75, 3.05) is 36.9 Å².